The Bertz CT molecular complexity index is 366. The molecule has 19 heavy (non-hydrogen) atoms. The Morgan fingerprint density at radius 1 is 1.32 bits per heavy atom. The first kappa shape index (κ1) is 15.3. The zero-order chi connectivity index (χ0) is 14.6. The van der Waals surface area contributed by atoms with Crippen molar-refractivity contribution in [1.29, 1.82) is 0 Å². The fourth-order valence-electron chi connectivity index (χ4n) is 1.84. The van der Waals surface area contributed by atoms with E-state index in [1.807, 2.05) is 0 Å². The Morgan fingerprint density at radius 2 is 1.89 bits per heavy atom. The standard InChI is InChI=1S/C12H21N3O4/c1-8(2)15(7-10(13)16)12(19)14(9-3-4-9)6-5-11(17)18/h8-9H,3-7H2,1-2H3,(H2,13,16)(H,17,18). The van der Waals surface area contributed by atoms with Gasteiger partial charge in [-0.2, -0.15) is 0 Å². The Balaban J connectivity index is 2.72. The van der Waals surface area contributed by atoms with Crippen LogP contribution in [0.1, 0.15) is 33.1 Å². The van der Waals surface area contributed by atoms with Crippen molar-refractivity contribution in [1.82, 2.24) is 9.80 Å². The highest BCUT2D eigenvalue weighted by atomic mass is 16.4. The number of carboxylic acids is 1. The molecular formula is C12H21N3O4. The summed E-state index contributed by atoms with van der Waals surface area (Å²) in [7, 11) is 0. The second-order valence-corrected chi connectivity index (χ2v) is 5.04. The molecule has 1 aliphatic carbocycles. The Kier molecular flexibility index (Phi) is 5.14. The SMILES string of the molecule is CC(C)N(CC(N)=O)C(=O)N(CCC(=O)O)C1CC1. The molecule has 3 amide bonds. The highest BCUT2D eigenvalue weighted by Crippen LogP contribution is 2.28. The zero-order valence-electron chi connectivity index (χ0n) is 11.3. The van der Waals surface area contributed by atoms with E-state index in [4.69, 9.17) is 10.8 Å². The number of urea groups is 1. The number of carboxylic acid groups (broad SMARTS) is 1. The lowest BCUT2D eigenvalue weighted by Crippen LogP contribution is -2.50. The molecule has 0 aromatic carbocycles. The molecule has 7 heteroatoms. The summed E-state index contributed by atoms with van der Waals surface area (Å²) in [4.78, 5) is 36.9. The third-order valence-electron chi connectivity index (χ3n) is 3.00. The molecule has 0 aromatic rings. The quantitative estimate of drug-likeness (QED) is 0.692. The van der Waals surface area contributed by atoms with E-state index in [0.717, 1.165) is 12.8 Å². The number of aliphatic carboxylic acids is 1. The van der Waals surface area contributed by atoms with Gasteiger partial charge in [0.1, 0.15) is 6.54 Å². The van der Waals surface area contributed by atoms with E-state index < -0.39 is 11.9 Å². The summed E-state index contributed by atoms with van der Waals surface area (Å²) in [5.41, 5.74) is 5.14. The Hall–Kier alpha value is -1.79. The second kappa shape index (κ2) is 6.40. The number of nitrogens with zero attached hydrogens (tertiary/aromatic N) is 2. The zero-order valence-corrected chi connectivity index (χ0v) is 11.3. The second-order valence-electron chi connectivity index (χ2n) is 5.04. The molecule has 7 nitrogen and oxygen atoms in total. The summed E-state index contributed by atoms with van der Waals surface area (Å²) < 4.78 is 0. The van der Waals surface area contributed by atoms with Crippen LogP contribution >= 0.6 is 0 Å². The first-order chi connectivity index (χ1) is 8.82. The molecule has 1 rings (SSSR count). The molecule has 1 fully saturated rings. The maximum atomic E-state index is 12.4. The number of hydrogen-bond donors (Lipinski definition) is 2. The van der Waals surface area contributed by atoms with Crippen molar-refractivity contribution in [2.45, 2.75) is 45.2 Å². The van der Waals surface area contributed by atoms with Crippen LogP contribution in [-0.4, -0.2) is 58.0 Å². The van der Waals surface area contributed by atoms with Crippen LogP contribution in [0.4, 0.5) is 4.79 Å². The van der Waals surface area contributed by atoms with Crippen molar-refractivity contribution < 1.29 is 19.5 Å². The van der Waals surface area contributed by atoms with E-state index in [1.165, 1.54) is 9.80 Å². The van der Waals surface area contributed by atoms with E-state index >= 15 is 0 Å². The number of hydrogen-bond acceptors (Lipinski definition) is 3. The number of amides is 3. The molecule has 0 saturated heterocycles. The first-order valence-electron chi connectivity index (χ1n) is 6.40. The molecule has 0 heterocycles. The fourth-order valence-corrected chi connectivity index (χ4v) is 1.84. The molecule has 0 radical (unpaired) electrons. The number of carbonyl (C=O) groups excluding carboxylic acids is 2. The van der Waals surface area contributed by atoms with Gasteiger partial charge in [-0.25, -0.2) is 4.79 Å². The lowest BCUT2D eigenvalue weighted by Gasteiger charge is -2.32. The number of primary amides is 1. The van der Waals surface area contributed by atoms with Crippen LogP contribution in [0.15, 0.2) is 0 Å². The normalized spacial score (nSPS) is 14.3. The number of rotatable bonds is 7. The van der Waals surface area contributed by atoms with Gasteiger partial charge in [-0.05, 0) is 26.7 Å². The van der Waals surface area contributed by atoms with Gasteiger partial charge in [0.25, 0.3) is 0 Å². The summed E-state index contributed by atoms with van der Waals surface area (Å²) in [6, 6.07) is -0.371. The molecule has 1 saturated carbocycles. The predicted octanol–water partition coefficient (Wildman–Crippen LogP) is 0.241. The van der Waals surface area contributed by atoms with Gasteiger partial charge in [0.05, 0.1) is 6.42 Å². The highest BCUT2D eigenvalue weighted by Gasteiger charge is 2.35. The van der Waals surface area contributed by atoms with E-state index in [2.05, 4.69) is 0 Å². The van der Waals surface area contributed by atoms with Gasteiger partial charge in [-0.3, -0.25) is 9.59 Å². The molecule has 0 aliphatic heterocycles. The van der Waals surface area contributed by atoms with Crippen molar-refractivity contribution in [2.75, 3.05) is 13.1 Å². The number of nitrogens with two attached hydrogens (primary N) is 1. The lowest BCUT2D eigenvalue weighted by molar-refractivity contribution is -0.137. The molecule has 0 atom stereocenters. The van der Waals surface area contributed by atoms with E-state index in [9.17, 15) is 14.4 Å². The molecule has 3 N–H and O–H groups in total. The van der Waals surface area contributed by atoms with Gasteiger partial charge < -0.3 is 20.6 Å². The first-order valence-corrected chi connectivity index (χ1v) is 6.40. The summed E-state index contributed by atoms with van der Waals surface area (Å²) in [6.45, 7) is 3.61. The smallest absolute Gasteiger partial charge is 0.320 e. The van der Waals surface area contributed by atoms with Crippen LogP contribution in [0, 0.1) is 0 Å². The summed E-state index contributed by atoms with van der Waals surface area (Å²) in [6.07, 6.45) is 1.67. The van der Waals surface area contributed by atoms with Gasteiger partial charge in [0.2, 0.25) is 5.91 Å². The van der Waals surface area contributed by atoms with Crippen molar-refractivity contribution in [2.24, 2.45) is 5.73 Å². The molecule has 0 bridgehead atoms. The summed E-state index contributed by atoms with van der Waals surface area (Å²) in [5, 5.41) is 8.71. The fraction of sp³-hybridized carbons (Fsp3) is 0.750. The molecule has 1 aliphatic rings. The Morgan fingerprint density at radius 3 is 2.26 bits per heavy atom. The molecule has 0 spiro atoms. The highest BCUT2D eigenvalue weighted by molar-refractivity contribution is 5.83. The van der Waals surface area contributed by atoms with Gasteiger partial charge >= 0.3 is 12.0 Å². The van der Waals surface area contributed by atoms with Crippen LogP contribution < -0.4 is 5.73 Å². The van der Waals surface area contributed by atoms with E-state index in [0.29, 0.717) is 0 Å². The van der Waals surface area contributed by atoms with Gasteiger partial charge in [-0.15, -0.1) is 0 Å². The molecular weight excluding hydrogens is 250 g/mol. The van der Waals surface area contributed by atoms with Crippen molar-refractivity contribution in [3.8, 4) is 0 Å². The van der Waals surface area contributed by atoms with Crippen LogP contribution in [-0.2, 0) is 9.59 Å². The largest absolute Gasteiger partial charge is 0.481 e. The topological polar surface area (TPSA) is 104 Å². The summed E-state index contributed by atoms with van der Waals surface area (Å²) in [5.74, 6) is -1.51. The maximum Gasteiger partial charge on any atom is 0.320 e. The summed E-state index contributed by atoms with van der Waals surface area (Å²) >= 11 is 0. The van der Waals surface area contributed by atoms with Crippen LogP contribution in [0.3, 0.4) is 0 Å². The van der Waals surface area contributed by atoms with Gasteiger partial charge in [0, 0.05) is 18.6 Å². The molecule has 0 unspecified atom stereocenters. The van der Waals surface area contributed by atoms with Crippen molar-refractivity contribution >= 4 is 17.9 Å². The number of carbonyl (C=O) groups is 3. The van der Waals surface area contributed by atoms with Crippen molar-refractivity contribution in [3.05, 3.63) is 0 Å². The minimum atomic E-state index is -0.940. The van der Waals surface area contributed by atoms with Gasteiger partial charge in [0.15, 0.2) is 0 Å². The van der Waals surface area contributed by atoms with Crippen LogP contribution in [0.2, 0.25) is 0 Å². The monoisotopic (exact) mass is 271 g/mol. The third-order valence-corrected chi connectivity index (χ3v) is 3.00. The average Bonchev–Trinajstić information content (AvgIpc) is 3.09. The minimum Gasteiger partial charge on any atom is -0.481 e. The lowest BCUT2D eigenvalue weighted by atomic mass is 10.3. The van der Waals surface area contributed by atoms with Crippen LogP contribution in [0.25, 0.3) is 0 Å². The molecule has 108 valence electrons. The molecule has 0 aromatic heterocycles. The van der Waals surface area contributed by atoms with E-state index in [1.54, 1.807) is 13.8 Å². The third kappa shape index (κ3) is 4.76. The average molecular weight is 271 g/mol. The Labute approximate surface area is 112 Å². The van der Waals surface area contributed by atoms with E-state index in [-0.39, 0.29) is 37.6 Å². The van der Waals surface area contributed by atoms with Crippen molar-refractivity contribution in [3.63, 3.8) is 0 Å². The van der Waals surface area contributed by atoms with Gasteiger partial charge in [-0.1, -0.05) is 0 Å². The predicted molar refractivity (Wildman–Crippen MR) is 68.4 cm³/mol. The minimum absolute atomic E-state index is 0.0925. The maximum absolute atomic E-state index is 12.4. The van der Waals surface area contributed by atoms with Crippen LogP contribution in [0.5, 0.6) is 0 Å².